The molecule has 6 heteroatoms. The zero-order valence-electron chi connectivity index (χ0n) is 13.4. The van der Waals surface area contributed by atoms with Gasteiger partial charge >= 0.3 is 6.18 Å². The lowest BCUT2D eigenvalue weighted by atomic mass is 9.84. The minimum Gasteiger partial charge on any atom is -0.303 e. The molecule has 0 saturated carbocycles. The van der Waals surface area contributed by atoms with Crippen LogP contribution >= 0.6 is 0 Å². The maximum absolute atomic E-state index is 12.4. The van der Waals surface area contributed by atoms with Crippen molar-refractivity contribution in [1.29, 1.82) is 0 Å². The van der Waals surface area contributed by atoms with Crippen LogP contribution in [-0.2, 0) is 6.54 Å². The molecule has 1 spiro atoms. The first-order valence-electron chi connectivity index (χ1n) is 8.40. The number of likely N-dealkylation sites (tertiary alicyclic amines) is 2. The number of pyridine rings is 1. The van der Waals surface area contributed by atoms with E-state index >= 15 is 0 Å². The molecule has 0 amide bonds. The van der Waals surface area contributed by atoms with E-state index in [2.05, 4.69) is 16.0 Å². The Kier molecular flexibility index (Phi) is 4.92. The van der Waals surface area contributed by atoms with E-state index < -0.39 is 12.6 Å². The van der Waals surface area contributed by atoms with Gasteiger partial charge in [0.2, 0.25) is 0 Å². The Morgan fingerprint density at radius 1 is 1.13 bits per heavy atom. The van der Waals surface area contributed by atoms with Crippen LogP contribution in [0.25, 0.3) is 0 Å². The lowest BCUT2D eigenvalue weighted by molar-refractivity contribution is -0.139. The van der Waals surface area contributed by atoms with Gasteiger partial charge < -0.3 is 4.90 Å². The summed E-state index contributed by atoms with van der Waals surface area (Å²) in [5, 5.41) is 0. The average Bonchev–Trinajstić information content (AvgIpc) is 2.89. The summed E-state index contributed by atoms with van der Waals surface area (Å²) in [6.07, 6.45) is 3.25. The highest BCUT2D eigenvalue weighted by atomic mass is 19.4. The summed E-state index contributed by atoms with van der Waals surface area (Å²) in [4.78, 5) is 8.68. The second-order valence-electron chi connectivity index (χ2n) is 6.82. The average molecular weight is 327 g/mol. The number of alkyl halides is 3. The van der Waals surface area contributed by atoms with Crippen molar-refractivity contribution >= 4 is 0 Å². The fraction of sp³-hybridized carbons (Fsp3) is 0.706. The van der Waals surface area contributed by atoms with Crippen molar-refractivity contribution in [3.63, 3.8) is 0 Å². The smallest absolute Gasteiger partial charge is 0.303 e. The molecule has 2 aliphatic heterocycles. The number of rotatable bonds is 4. The monoisotopic (exact) mass is 327 g/mol. The number of piperidine rings is 1. The largest absolute Gasteiger partial charge is 0.390 e. The fourth-order valence-corrected chi connectivity index (χ4v) is 4.00. The van der Waals surface area contributed by atoms with Crippen molar-refractivity contribution in [2.75, 3.05) is 26.2 Å². The first-order chi connectivity index (χ1) is 11.0. The molecule has 2 fully saturated rings. The zero-order chi connectivity index (χ0) is 16.3. The third-order valence-corrected chi connectivity index (χ3v) is 5.34. The summed E-state index contributed by atoms with van der Waals surface area (Å²) in [5.41, 5.74) is 1.40. The molecular weight excluding hydrogens is 303 g/mol. The lowest BCUT2D eigenvalue weighted by Gasteiger charge is -2.45. The molecule has 2 aliphatic rings. The number of hydrogen-bond acceptors (Lipinski definition) is 3. The van der Waals surface area contributed by atoms with Crippen molar-refractivity contribution < 1.29 is 13.2 Å². The van der Waals surface area contributed by atoms with Crippen LogP contribution in [0.2, 0.25) is 0 Å². The predicted molar refractivity (Wildman–Crippen MR) is 83.0 cm³/mol. The first kappa shape index (κ1) is 16.7. The van der Waals surface area contributed by atoms with Crippen LogP contribution < -0.4 is 0 Å². The van der Waals surface area contributed by atoms with Crippen molar-refractivity contribution in [3.05, 3.63) is 30.1 Å². The van der Waals surface area contributed by atoms with Crippen LogP contribution in [0, 0.1) is 0 Å². The van der Waals surface area contributed by atoms with E-state index in [-0.39, 0.29) is 12.1 Å². The van der Waals surface area contributed by atoms with Crippen LogP contribution in [0.1, 0.15) is 37.7 Å². The summed E-state index contributed by atoms with van der Waals surface area (Å²) >= 11 is 0. The van der Waals surface area contributed by atoms with Crippen LogP contribution in [0.5, 0.6) is 0 Å². The number of nitrogens with zero attached hydrogens (tertiary/aromatic N) is 3. The minimum absolute atomic E-state index is 0.141. The molecule has 128 valence electrons. The molecule has 2 saturated heterocycles. The van der Waals surface area contributed by atoms with Gasteiger partial charge in [0, 0.05) is 31.0 Å². The van der Waals surface area contributed by atoms with Crippen LogP contribution in [-0.4, -0.2) is 52.7 Å². The Hall–Kier alpha value is -1.14. The van der Waals surface area contributed by atoms with Crippen molar-refractivity contribution in [1.82, 2.24) is 14.8 Å². The summed E-state index contributed by atoms with van der Waals surface area (Å²) in [6.45, 7) is 3.68. The van der Waals surface area contributed by atoms with Gasteiger partial charge in [-0.1, -0.05) is 6.07 Å². The van der Waals surface area contributed by atoms with Gasteiger partial charge in [0.1, 0.15) is 0 Å². The molecule has 1 aromatic rings. The molecule has 0 bridgehead atoms. The van der Waals surface area contributed by atoms with E-state index in [9.17, 15) is 13.2 Å². The van der Waals surface area contributed by atoms with Crippen LogP contribution in [0.3, 0.4) is 0 Å². The standard InChI is InChI=1S/C17H24F3N3/c18-17(19,20)7-12-22-10-5-16(6-11-22)4-2-9-23(16)14-15-3-1-8-21-13-15/h1,3,8,13H,2,4-7,9-12,14H2. The zero-order valence-corrected chi connectivity index (χ0v) is 13.4. The summed E-state index contributed by atoms with van der Waals surface area (Å²) < 4.78 is 37.1. The topological polar surface area (TPSA) is 19.4 Å². The van der Waals surface area contributed by atoms with Gasteiger partial charge in [-0.05, 0) is 56.9 Å². The second-order valence-corrected chi connectivity index (χ2v) is 6.82. The van der Waals surface area contributed by atoms with Crippen molar-refractivity contribution in [3.8, 4) is 0 Å². The van der Waals surface area contributed by atoms with E-state index in [1.54, 1.807) is 6.20 Å². The normalized spacial score (nSPS) is 22.7. The van der Waals surface area contributed by atoms with E-state index in [4.69, 9.17) is 0 Å². The SMILES string of the molecule is FC(F)(F)CCN1CCC2(CCCN2Cc2cccnc2)CC1. The predicted octanol–water partition coefficient (Wildman–Crippen LogP) is 3.46. The highest BCUT2D eigenvalue weighted by molar-refractivity contribution is 5.11. The fourth-order valence-electron chi connectivity index (χ4n) is 4.00. The van der Waals surface area contributed by atoms with Gasteiger partial charge in [-0.2, -0.15) is 13.2 Å². The van der Waals surface area contributed by atoms with Gasteiger partial charge in [-0.15, -0.1) is 0 Å². The lowest BCUT2D eigenvalue weighted by Crippen LogP contribution is -2.52. The molecule has 0 radical (unpaired) electrons. The number of halogens is 3. The van der Waals surface area contributed by atoms with Crippen molar-refractivity contribution in [2.45, 2.75) is 50.4 Å². The number of hydrogen-bond donors (Lipinski definition) is 0. The maximum Gasteiger partial charge on any atom is 0.390 e. The van der Waals surface area contributed by atoms with Gasteiger partial charge in [-0.3, -0.25) is 9.88 Å². The van der Waals surface area contributed by atoms with Gasteiger partial charge in [0.25, 0.3) is 0 Å². The Morgan fingerprint density at radius 2 is 1.91 bits per heavy atom. The highest BCUT2D eigenvalue weighted by Gasteiger charge is 2.43. The quantitative estimate of drug-likeness (QED) is 0.844. The second kappa shape index (κ2) is 6.77. The number of aromatic nitrogens is 1. The third kappa shape index (κ3) is 4.23. The van der Waals surface area contributed by atoms with E-state index in [0.29, 0.717) is 0 Å². The Balaban J connectivity index is 1.55. The molecule has 0 aromatic carbocycles. The maximum atomic E-state index is 12.4. The summed E-state index contributed by atoms with van der Waals surface area (Å²) in [5.74, 6) is 0. The molecule has 0 atom stereocenters. The van der Waals surface area contributed by atoms with E-state index in [1.807, 2.05) is 17.2 Å². The molecule has 1 aromatic heterocycles. The molecule has 3 nitrogen and oxygen atoms in total. The summed E-state index contributed by atoms with van der Waals surface area (Å²) in [6, 6.07) is 4.05. The summed E-state index contributed by atoms with van der Waals surface area (Å²) in [7, 11) is 0. The molecule has 0 unspecified atom stereocenters. The van der Waals surface area contributed by atoms with Gasteiger partial charge in [-0.25, -0.2) is 0 Å². The third-order valence-electron chi connectivity index (χ3n) is 5.34. The molecule has 0 N–H and O–H groups in total. The Morgan fingerprint density at radius 3 is 2.57 bits per heavy atom. The Bertz CT molecular complexity index is 496. The highest BCUT2D eigenvalue weighted by Crippen LogP contribution is 2.39. The molecule has 23 heavy (non-hydrogen) atoms. The van der Waals surface area contributed by atoms with E-state index in [1.165, 1.54) is 18.4 Å². The van der Waals surface area contributed by atoms with Crippen LogP contribution in [0.15, 0.2) is 24.5 Å². The molecule has 0 aliphatic carbocycles. The minimum atomic E-state index is -4.05. The first-order valence-corrected chi connectivity index (χ1v) is 8.40. The Labute approximate surface area is 135 Å². The molecular formula is C17H24F3N3. The van der Waals surface area contributed by atoms with Gasteiger partial charge in [0.15, 0.2) is 0 Å². The van der Waals surface area contributed by atoms with Crippen LogP contribution in [0.4, 0.5) is 13.2 Å². The van der Waals surface area contributed by atoms with Gasteiger partial charge in [0.05, 0.1) is 6.42 Å². The van der Waals surface area contributed by atoms with Crippen molar-refractivity contribution in [2.24, 2.45) is 0 Å². The van der Waals surface area contributed by atoms with E-state index in [0.717, 1.165) is 39.0 Å². The molecule has 3 rings (SSSR count). The molecule has 3 heterocycles.